The monoisotopic (exact) mass is 350 g/mol. The first-order valence-corrected chi connectivity index (χ1v) is 8.46. The lowest BCUT2D eigenvalue weighted by Gasteiger charge is -2.24. The van der Waals surface area contributed by atoms with Gasteiger partial charge in [0, 0.05) is 12.1 Å². The number of imide groups is 1. The molecule has 26 heavy (non-hydrogen) atoms. The molecule has 2 aromatic rings. The fourth-order valence-electron chi connectivity index (χ4n) is 3.12. The second-order valence-electron chi connectivity index (χ2n) is 6.49. The summed E-state index contributed by atoms with van der Waals surface area (Å²) < 4.78 is 5.40. The zero-order valence-corrected chi connectivity index (χ0v) is 15.2. The molecule has 134 valence electrons. The molecule has 5 nitrogen and oxygen atoms in total. The molecule has 1 atom stereocenters. The Kier molecular flexibility index (Phi) is 4.80. The van der Waals surface area contributed by atoms with Crippen LogP contribution in [0, 0.1) is 6.92 Å². The van der Waals surface area contributed by atoms with Gasteiger partial charge in [-0.3, -0.25) is 9.69 Å². The summed E-state index contributed by atoms with van der Waals surface area (Å²) >= 11 is 0. The van der Waals surface area contributed by atoms with Gasteiger partial charge in [0.2, 0.25) is 0 Å². The highest BCUT2D eigenvalue weighted by Crippen LogP contribution is 2.35. The van der Waals surface area contributed by atoms with E-state index in [0.717, 1.165) is 11.1 Å². The summed E-state index contributed by atoms with van der Waals surface area (Å²) in [7, 11) is 1.55. The van der Waals surface area contributed by atoms with Gasteiger partial charge in [-0.25, -0.2) is 4.79 Å². The Bertz CT molecular complexity index is 861. The number of urea groups is 1. The van der Waals surface area contributed by atoms with E-state index in [2.05, 4.69) is 5.32 Å². The number of carbonyl (C=O) groups is 2. The predicted molar refractivity (Wildman–Crippen MR) is 101 cm³/mol. The van der Waals surface area contributed by atoms with E-state index in [0.29, 0.717) is 11.3 Å². The maximum Gasteiger partial charge on any atom is 0.325 e. The number of methoxy groups -OCH3 is 1. The molecule has 0 bridgehead atoms. The molecule has 0 saturated carbocycles. The maximum atomic E-state index is 13.0. The first kappa shape index (κ1) is 17.7. The topological polar surface area (TPSA) is 58.6 Å². The summed E-state index contributed by atoms with van der Waals surface area (Å²) in [6.07, 6.45) is 3.70. The molecule has 1 fully saturated rings. The Labute approximate surface area is 153 Å². The van der Waals surface area contributed by atoms with Crippen molar-refractivity contribution < 1.29 is 14.3 Å². The lowest BCUT2D eigenvalue weighted by molar-refractivity contribution is -0.130. The summed E-state index contributed by atoms with van der Waals surface area (Å²) in [5.74, 6) is 0.289. The van der Waals surface area contributed by atoms with Gasteiger partial charge in [-0.2, -0.15) is 0 Å². The quantitative estimate of drug-likeness (QED) is 0.840. The van der Waals surface area contributed by atoms with Crippen LogP contribution in [0.1, 0.15) is 23.6 Å². The maximum absolute atomic E-state index is 13.0. The molecule has 5 heteroatoms. The minimum Gasteiger partial charge on any atom is -0.496 e. The average molecular weight is 350 g/mol. The number of hydrogen-bond acceptors (Lipinski definition) is 3. The molecule has 1 aliphatic heterocycles. The van der Waals surface area contributed by atoms with Crippen LogP contribution in [0.2, 0.25) is 0 Å². The van der Waals surface area contributed by atoms with Gasteiger partial charge in [-0.1, -0.05) is 54.1 Å². The van der Waals surface area contributed by atoms with Crippen molar-refractivity contribution in [2.45, 2.75) is 19.4 Å². The van der Waals surface area contributed by atoms with Crippen molar-refractivity contribution >= 4 is 18.0 Å². The fraction of sp³-hybridized carbons (Fsp3) is 0.238. The summed E-state index contributed by atoms with van der Waals surface area (Å²) in [6.45, 7) is 3.86. The van der Waals surface area contributed by atoms with Crippen LogP contribution in [0.4, 0.5) is 4.79 Å². The van der Waals surface area contributed by atoms with E-state index in [-0.39, 0.29) is 12.5 Å². The number of nitrogens with zero attached hydrogens (tertiary/aromatic N) is 1. The third-order valence-corrected chi connectivity index (χ3v) is 4.57. The summed E-state index contributed by atoms with van der Waals surface area (Å²) in [6, 6.07) is 14.9. The predicted octanol–water partition coefficient (Wildman–Crippen LogP) is 3.48. The minimum absolute atomic E-state index is 0.212. The van der Waals surface area contributed by atoms with Crippen LogP contribution in [-0.4, -0.2) is 30.5 Å². The number of rotatable bonds is 5. The van der Waals surface area contributed by atoms with E-state index in [1.54, 1.807) is 14.0 Å². The minimum atomic E-state index is -1.14. The zero-order chi connectivity index (χ0) is 18.7. The Morgan fingerprint density at radius 2 is 1.88 bits per heavy atom. The Balaban J connectivity index is 1.84. The summed E-state index contributed by atoms with van der Waals surface area (Å²) in [5.41, 5.74) is 1.52. The van der Waals surface area contributed by atoms with Crippen LogP contribution in [0.15, 0.2) is 54.6 Å². The number of nitrogens with one attached hydrogen (secondary N) is 1. The Morgan fingerprint density at radius 1 is 1.15 bits per heavy atom. The van der Waals surface area contributed by atoms with Crippen molar-refractivity contribution in [1.29, 1.82) is 0 Å². The SMILES string of the molecule is COc1ccc(C)cc1C1(C)NC(=O)N(CC=Cc2ccccc2)C1=O. The van der Waals surface area contributed by atoms with Crippen LogP contribution in [-0.2, 0) is 10.3 Å². The molecule has 1 unspecified atom stereocenters. The van der Waals surface area contributed by atoms with E-state index in [4.69, 9.17) is 4.74 Å². The van der Waals surface area contributed by atoms with Gasteiger partial charge in [0.1, 0.15) is 11.3 Å². The number of aryl methyl sites for hydroxylation is 1. The Hall–Kier alpha value is -3.08. The van der Waals surface area contributed by atoms with Crippen molar-refractivity contribution in [3.63, 3.8) is 0 Å². The third kappa shape index (κ3) is 3.20. The van der Waals surface area contributed by atoms with E-state index >= 15 is 0 Å². The molecule has 1 heterocycles. The number of ether oxygens (including phenoxy) is 1. The van der Waals surface area contributed by atoms with Crippen molar-refractivity contribution in [2.75, 3.05) is 13.7 Å². The van der Waals surface area contributed by atoms with Crippen molar-refractivity contribution in [1.82, 2.24) is 10.2 Å². The summed E-state index contributed by atoms with van der Waals surface area (Å²) in [5, 5.41) is 2.82. The second-order valence-corrected chi connectivity index (χ2v) is 6.49. The number of amides is 3. The van der Waals surface area contributed by atoms with E-state index < -0.39 is 11.6 Å². The van der Waals surface area contributed by atoms with Crippen LogP contribution >= 0.6 is 0 Å². The average Bonchev–Trinajstić information content (AvgIpc) is 2.86. The Morgan fingerprint density at radius 3 is 2.58 bits per heavy atom. The smallest absolute Gasteiger partial charge is 0.325 e. The normalized spacial score (nSPS) is 19.9. The lowest BCUT2D eigenvalue weighted by Crippen LogP contribution is -2.41. The molecule has 0 radical (unpaired) electrons. The largest absolute Gasteiger partial charge is 0.496 e. The van der Waals surface area contributed by atoms with Crippen LogP contribution in [0.25, 0.3) is 6.08 Å². The molecular formula is C21H22N2O3. The van der Waals surface area contributed by atoms with Gasteiger partial charge in [0.15, 0.2) is 0 Å². The highest BCUT2D eigenvalue weighted by Gasteiger charge is 2.49. The number of benzene rings is 2. The van der Waals surface area contributed by atoms with Crippen LogP contribution in [0.5, 0.6) is 5.75 Å². The van der Waals surface area contributed by atoms with E-state index in [1.165, 1.54) is 4.90 Å². The molecule has 1 aliphatic rings. The first-order chi connectivity index (χ1) is 12.5. The van der Waals surface area contributed by atoms with E-state index in [9.17, 15) is 9.59 Å². The molecule has 2 aromatic carbocycles. The van der Waals surface area contributed by atoms with Crippen LogP contribution < -0.4 is 10.1 Å². The van der Waals surface area contributed by atoms with Gasteiger partial charge < -0.3 is 10.1 Å². The highest BCUT2D eigenvalue weighted by atomic mass is 16.5. The third-order valence-electron chi connectivity index (χ3n) is 4.57. The zero-order valence-electron chi connectivity index (χ0n) is 15.2. The van der Waals surface area contributed by atoms with Gasteiger partial charge in [0.05, 0.1) is 7.11 Å². The first-order valence-electron chi connectivity index (χ1n) is 8.46. The van der Waals surface area contributed by atoms with Gasteiger partial charge in [-0.15, -0.1) is 0 Å². The summed E-state index contributed by atoms with van der Waals surface area (Å²) in [4.78, 5) is 26.7. The molecule has 3 rings (SSSR count). The molecule has 0 spiro atoms. The molecule has 3 amide bonds. The molecule has 1 N–H and O–H groups in total. The van der Waals surface area contributed by atoms with Gasteiger partial charge in [0.25, 0.3) is 5.91 Å². The van der Waals surface area contributed by atoms with Gasteiger partial charge >= 0.3 is 6.03 Å². The second kappa shape index (κ2) is 7.04. The van der Waals surface area contributed by atoms with E-state index in [1.807, 2.05) is 67.6 Å². The number of carbonyl (C=O) groups excluding carboxylic acids is 2. The van der Waals surface area contributed by atoms with Crippen molar-refractivity contribution in [2.24, 2.45) is 0 Å². The molecular weight excluding hydrogens is 328 g/mol. The van der Waals surface area contributed by atoms with Crippen molar-refractivity contribution in [3.05, 3.63) is 71.3 Å². The van der Waals surface area contributed by atoms with Crippen LogP contribution in [0.3, 0.4) is 0 Å². The standard InChI is InChI=1S/C21H22N2O3/c1-15-11-12-18(26-3)17(14-15)21(2)19(24)23(20(25)22-21)13-7-10-16-8-5-4-6-9-16/h4-12,14H,13H2,1-3H3,(H,22,25). The number of hydrogen-bond donors (Lipinski definition) is 1. The lowest BCUT2D eigenvalue weighted by atomic mass is 9.90. The highest BCUT2D eigenvalue weighted by molar-refractivity contribution is 6.07. The molecule has 0 aliphatic carbocycles. The molecule has 1 saturated heterocycles. The van der Waals surface area contributed by atoms with Gasteiger partial charge in [-0.05, 0) is 31.5 Å². The molecule has 0 aromatic heterocycles. The fourth-order valence-corrected chi connectivity index (χ4v) is 3.12. The van der Waals surface area contributed by atoms with Crippen molar-refractivity contribution in [3.8, 4) is 5.75 Å².